The summed E-state index contributed by atoms with van der Waals surface area (Å²) in [7, 11) is 0. The number of aryl methyl sites for hydroxylation is 1. The van der Waals surface area contributed by atoms with Gasteiger partial charge in [-0.15, -0.1) is 0 Å². The monoisotopic (exact) mass is 316 g/mol. The fourth-order valence-corrected chi connectivity index (χ4v) is 2.67. The van der Waals surface area contributed by atoms with Crippen molar-refractivity contribution in [3.63, 3.8) is 0 Å². The highest BCUT2D eigenvalue weighted by Crippen LogP contribution is 2.28. The van der Waals surface area contributed by atoms with Gasteiger partial charge in [-0.25, -0.2) is 9.59 Å². The van der Waals surface area contributed by atoms with Crippen LogP contribution in [-0.4, -0.2) is 23.8 Å². The fraction of sp³-hybridized carbons (Fsp3) is 0.412. The summed E-state index contributed by atoms with van der Waals surface area (Å²) in [5.74, 6) is -2.60. The van der Waals surface area contributed by atoms with Gasteiger partial charge in [0.15, 0.2) is 5.57 Å². The van der Waals surface area contributed by atoms with E-state index in [1.54, 1.807) is 0 Å². The van der Waals surface area contributed by atoms with Crippen LogP contribution in [0, 0.1) is 0 Å². The van der Waals surface area contributed by atoms with Crippen LogP contribution in [0.5, 0.6) is 0 Å². The summed E-state index contributed by atoms with van der Waals surface area (Å²) in [6.45, 7) is 5.19. The third-order valence-corrected chi connectivity index (χ3v) is 3.85. The average Bonchev–Trinajstić information content (AvgIpc) is 2.45. The van der Waals surface area contributed by atoms with E-state index in [1.165, 1.54) is 25.6 Å². The maximum absolute atomic E-state index is 11.9. The first-order chi connectivity index (χ1) is 10.8. The zero-order valence-corrected chi connectivity index (χ0v) is 13.4. The molecule has 0 saturated carbocycles. The Kier molecular flexibility index (Phi) is 3.75. The fourth-order valence-electron chi connectivity index (χ4n) is 2.67. The number of anilines is 2. The molecule has 6 nitrogen and oxygen atoms in total. The molecule has 122 valence electrons. The molecule has 0 amide bonds. The molecule has 2 heterocycles. The molecule has 2 aliphatic heterocycles. The number of carbonyl (C=O) groups excluding carboxylic acids is 2. The van der Waals surface area contributed by atoms with E-state index in [0.29, 0.717) is 6.04 Å². The molecule has 23 heavy (non-hydrogen) atoms. The Morgan fingerprint density at radius 3 is 2.65 bits per heavy atom. The van der Waals surface area contributed by atoms with E-state index in [9.17, 15) is 9.59 Å². The van der Waals surface area contributed by atoms with E-state index in [-0.39, 0.29) is 5.57 Å². The van der Waals surface area contributed by atoms with Gasteiger partial charge in [0.25, 0.3) is 5.79 Å². The van der Waals surface area contributed by atoms with Gasteiger partial charge in [-0.2, -0.15) is 0 Å². The third-order valence-electron chi connectivity index (χ3n) is 3.85. The van der Waals surface area contributed by atoms with E-state index in [4.69, 9.17) is 9.47 Å². The minimum absolute atomic E-state index is 0.145. The third kappa shape index (κ3) is 3.31. The number of fused-ring (bicyclic) bond motifs is 1. The Morgan fingerprint density at radius 2 is 1.96 bits per heavy atom. The van der Waals surface area contributed by atoms with Crippen molar-refractivity contribution < 1.29 is 19.1 Å². The van der Waals surface area contributed by atoms with Gasteiger partial charge in [-0.05, 0) is 43.5 Å². The van der Waals surface area contributed by atoms with Crippen molar-refractivity contribution >= 4 is 23.3 Å². The molecular formula is C17H20N2O4. The van der Waals surface area contributed by atoms with Crippen molar-refractivity contribution in [1.82, 2.24) is 0 Å². The maximum Gasteiger partial charge on any atom is 0.350 e. The SMILES string of the molecule is CC1CCc2cc(NC=C3C(=O)OC(C)(C)OC3=O)ccc2N1. The van der Waals surface area contributed by atoms with Gasteiger partial charge in [0, 0.05) is 37.5 Å². The van der Waals surface area contributed by atoms with Gasteiger partial charge < -0.3 is 20.1 Å². The second-order valence-electron chi connectivity index (χ2n) is 6.34. The highest BCUT2D eigenvalue weighted by atomic mass is 16.7. The van der Waals surface area contributed by atoms with E-state index >= 15 is 0 Å². The smallest absolute Gasteiger partial charge is 0.350 e. The number of carbonyl (C=O) groups is 2. The number of hydrogen-bond donors (Lipinski definition) is 2. The van der Waals surface area contributed by atoms with Crippen molar-refractivity contribution in [3.05, 3.63) is 35.5 Å². The first-order valence-corrected chi connectivity index (χ1v) is 7.67. The zero-order valence-electron chi connectivity index (χ0n) is 13.4. The van der Waals surface area contributed by atoms with Crippen LogP contribution in [0.2, 0.25) is 0 Å². The lowest BCUT2D eigenvalue weighted by Gasteiger charge is -2.29. The van der Waals surface area contributed by atoms with Gasteiger partial charge in [0.05, 0.1) is 0 Å². The predicted molar refractivity (Wildman–Crippen MR) is 85.8 cm³/mol. The maximum atomic E-state index is 11.9. The molecule has 0 spiro atoms. The van der Waals surface area contributed by atoms with Crippen molar-refractivity contribution in [3.8, 4) is 0 Å². The van der Waals surface area contributed by atoms with Crippen LogP contribution >= 0.6 is 0 Å². The number of benzene rings is 1. The lowest BCUT2D eigenvalue weighted by atomic mass is 9.98. The first kappa shape index (κ1) is 15.4. The molecule has 3 rings (SSSR count). The molecule has 0 aromatic heterocycles. The standard InChI is InChI=1S/C17H20N2O4/c1-10-4-5-11-8-12(6-7-14(11)19-10)18-9-13-15(20)22-17(2,3)23-16(13)21/h6-10,18-19H,4-5H2,1-3H3. The summed E-state index contributed by atoms with van der Waals surface area (Å²) in [5, 5.41) is 6.40. The normalized spacial score (nSPS) is 22.4. The number of esters is 2. The highest BCUT2D eigenvalue weighted by molar-refractivity contribution is 6.15. The van der Waals surface area contributed by atoms with Crippen LogP contribution in [0.25, 0.3) is 0 Å². The topological polar surface area (TPSA) is 76.7 Å². The lowest BCUT2D eigenvalue weighted by molar-refractivity contribution is -0.222. The Balaban J connectivity index is 1.75. The quantitative estimate of drug-likeness (QED) is 0.496. The Bertz CT molecular complexity index is 672. The number of hydrogen-bond acceptors (Lipinski definition) is 6. The molecule has 1 unspecified atom stereocenters. The summed E-state index contributed by atoms with van der Waals surface area (Å²) in [6, 6.07) is 6.37. The molecule has 0 aliphatic carbocycles. The van der Waals surface area contributed by atoms with Crippen LogP contribution in [0.4, 0.5) is 11.4 Å². The summed E-state index contributed by atoms with van der Waals surface area (Å²) >= 11 is 0. The first-order valence-electron chi connectivity index (χ1n) is 7.67. The largest absolute Gasteiger partial charge is 0.419 e. The zero-order chi connectivity index (χ0) is 16.6. The van der Waals surface area contributed by atoms with Crippen molar-refractivity contribution in [2.45, 2.75) is 45.4 Å². The summed E-state index contributed by atoms with van der Waals surface area (Å²) in [5.41, 5.74) is 2.99. The van der Waals surface area contributed by atoms with Gasteiger partial charge in [-0.1, -0.05) is 0 Å². The molecule has 2 N–H and O–H groups in total. The summed E-state index contributed by atoms with van der Waals surface area (Å²) in [6.07, 6.45) is 3.40. The van der Waals surface area contributed by atoms with Crippen LogP contribution < -0.4 is 10.6 Å². The molecule has 1 fully saturated rings. The number of cyclic esters (lactones) is 2. The molecule has 1 aromatic carbocycles. The van der Waals surface area contributed by atoms with Crippen LogP contribution in [0.15, 0.2) is 30.0 Å². The lowest BCUT2D eigenvalue weighted by Crippen LogP contribution is -2.42. The van der Waals surface area contributed by atoms with Gasteiger partial charge in [-0.3, -0.25) is 0 Å². The Morgan fingerprint density at radius 1 is 1.26 bits per heavy atom. The predicted octanol–water partition coefficient (Wildman–Crippen LogP) is 2.57. The minimum Gasteiger partial charge on any atom is -0.419 e. The van der Waals surface area contributed by atoms with Gasteiger partial charge >= 0.3 is 11.9 Å². The van der Waals surface area contributed by atoms with Crippen LogP contribution in [0.1, 0.15) is 32.8 Å². The molecule has 6 heteroatoms. The van der Waals surface area contributed by atoms with Crippen molar-refractivity contribution in [2.75, 3.05) is 10.6 Å². The average molecular weight is 316 g/mol. The van der Waals surface area contributed by atoms with Gasteiger partial charge in [0.2, 0.25) is 0 Å². The highest BCUT2D eigenvalue weighted by Gasteiger charge is 2.38. The van der Waals surface area contributed by atoms with E-state index in [0.717, 1.165) is 24.2 Å². The Labute approximate surface area is 134 Å². The minimum atomic E-state index is -1.22. The van der Waals surface area contributed by atoms with Gasteiger partial charge in [0.1, 0.15) is 0 Å². The Hall–Kier alpha value is -2.50. The van der Waals surface area contributed by atoms with E-state index in [1.807, 2.05) is 18.2 Å². The van der Waals surface area contributed by atoms with Crippen molar-refractivity contribution in [2.24, 2.45) is 0 Å². The molecule has 2 aliphatic rings. The van der Waals surface area contributed by atoms with E-state index < -0.39 is 17.7 Å². The van der Waals surface area contributed by atoms with Crippen LogP contribution in [-0.2, 0) is 25.5 Å². The second kappa shape index (κ2) is 5.61. The molecule has 0 bridgehead atoms. The molecule has 1 aromatic rings. The summed E-state index contributed by atoms with van der Waals surface area (Å²) in [4.78, 5) is 23.7. The van der Waals surface area contributed by atoms with E-state index in [2.05, 4.69) is 17.6 Å². The van der Waals surface area contributed by atoms with Crippen molar-refractivity contribution in [1.29, 1.82) is 0 Å². The molecular weight excluding hydrogens is 296 g/mol. The number of ether oxygens (including phenoxy) is 2. The number of nitrogens with one attached hydrogen (secondary N) is 2. The summed E-state index contributed by atoms with van der Waals surface area (Å²) < 4.78 is 10.1. The van der Waals surface area contributed by atoms with Crippen LogP contribution in [0.3, 0.4) is 0 Å². The number of rotatable bonds is 2. The molecule has 0 radical (unpaired) electrons. The second-order valence-corrected chi connectivity index (χ2v) is 6.34. The molecule has 1 saturated heterocycles. The molecule has 1 atom stereocenters.